The molecule has 3 aromatic carbocycles. The van der Waals surface area contributed by atoms with E-state index in [0.717, 1.165) is 17.3 Å². The zero-order chi connectivity index (χ0) is 24.1. The first-order chi connectivity index (χ1) is 16.5. The molecule has 1 heterocycles. The lowest BCUT2D eigenvalue weighted by Crippen LogP contribution is -2.24. The molecule has 0 bridgehead atoms. The Balaban J connectivity index is 1.58. The Bertz CT molecular complexity index is 1410. The first-order valence-corrected chi connectivity index (χ1v) is 11.4. The number of hydrogen-bond acceptors (Lipinski definition) is 7. The molecule has 8 nitrogen and oxygen atoms in total. The summed E-state index contributed by atoms with van der Waals surface area (Å²) in [6.07, 6.45) is 0. The summed E-state index contributed by atoms with van der Waals surface area (Å²) in [5, 5.41) is 14.4. The molecule has 0 radical (unpaired) electrons. The number of phenolic OH excluding ortho intramolecular Hbond substituents is 1. The van der Waals surface area contributed by atoms with Crippen molar-refractivity contribution in [1.29, 1.82) is 0 Å². The maximum Gasteiger partial charge on any atom is 0.266 e. The summed E-state index contributed by atoms with van der Waals surface area (Å²) in [4.78, 5) is 30.4. The molecule has 0 aliphatic heterocycles. The number of methoxy groups -OCH3 is 1. The van der Waals surface area contributed by atoms with E-state index in [1.165, 1.54) is 4.57 Å². The second-order valence-electron chi connectivity index (χ2n) is 7.32. The van der Waals surface area contributed by atoms with Crippen LogP contribution < -0.4 is 15.7 Å². The minimum Gasteiger partial charge on any atom is -0.508 e. The van der Waals surface area contributed by atoms with E-state index in [2.05, 4.69) is 15.5 Å². The third-order valence-corrected chi connectivity index (χ3v) is 5.98. The van der Waals surface area contributed by atoms with Crippen LogP contribution in [-0.4, -0.2) is 39.1 Å². The van der Waals surface area contributed by atoms with Crippen LogP contribution in [0.15, 0.2) is 87.8 Å². The SMILES string of the molecule is COc1ccc(-n2c(SCC(=O)NN=C(C)c3ccc(O)cc3)nc3ccccc3c2=O)cc1. The van der Waals surface area contributed by atoms with Crippen molar-refractivity contribution >= 4 is 34.3 Å². The molecule has 0 aliphatic rings. The van der Waals surface area contributed by atoms with Crippen molar-refractivity contribution in [2.24, 2.45) is 5.10 Å². The Morgan fingerprint density at radius 2 is 1.79 bits per heavy atom. The summed E-state index contributed by atoms with van der Waals surface area (Å²) in [6, 6.07) is 20.7. The molecule has 4 rings (SSSR count). The second kappa shape index (κ2) is 10.2. The number of aromatic nitrogens is 2. The first-order valence-electron chi connectivity index (χ1n) is 10.4. The van der Waals surface area contributed by atoms with Crippen LogP contribution >= 0.6 is 11.8 Å². The van der Waals surface area contributed by atoms with Crippen LogP contribution in [0.5, 0.6) is 11.5 Å². The van der Waals surface area contributed by atoms with Crippen LogP contribution in [0.1, 0.15) is 12.5 Å². The summed E-state index contributed by atoms with van der Waals surface area (Å²) in [5.74, 6) is 0.489. The normalized spacial score (nSPS) is 11.4. The number of carbonyl (C=O) groups excluding carboxylic acids is 1. The maximum absolute atomic E-state index is 13.3. The molecular weight excluding hydrogens is 452 g/mol. The molecular formula is C25H22N4O4S. The topological polar surface area (TPSA) is 106 Å². The fourth-order valence-corrected chi connectivity index (χ4v) is 4.05. The van der Waals surface area contributed by atoms with Crippen LogP contribution in [0.2, 0.25) is 0 Å². The second-order valence-corrected chi connectivity index (χ2v) is 8.26. The summed E-state index contributed by atoms with van der Waals surface area (Å²) < 4.78 is 6.70. The number of thioether (sulfide) groups is 1. The van der Waals surface area contributed by atoms with Crippen LogP contribution in [-0.2, 0) is 4.79 Å². The monoisotopic (exact) mass is 474 g/mol. The van der Waals surface area contributed by atoms with E-state index in [1.807, 2.05) is 6.07 Å². The van der Waals surface area contributed by atoms with Gasteiger partial charge >= 0.3 is 0 Å². The third-order valence-electron chi connectivity index (χ3n) is 5.04. The van der Waals surface area contributed by atoms with Gasteiger partial charge in [0.2, 0.25) is 0 Å². The molecule has 1 amide bonds. The zero-order valence-electron chi connectivity index (χ0n) is 18.6. The van der Waals surface area contributed by atoms with Crippen LogP contribution in [0, 0.1) is 0 Å². The molecule has 0 aliphatic carbocycles. The van der Waals surface area contributed by atoms with Gasteiger partial charge in [0.25, 0.3) is 11.5 Å². The quantitative estimate of drug-likeness (QED) is 0.183. The highest BCUT2D eigenvalue weighted by Crippen LogP contribution is 2.22. The highest BCUT2D eigenvalue weighted by Gasteiger charge is 2.15. The summed E-state index contributed by atoms with van der Waals surface area (Å²) in [5.41, 5.74) is 4.85. The first kappa shape index (κ1) is 23.1. The van der Waals surface area contributed by atoms with Crippen LogP contribution in [0.4, 0.5) is 0 Å². The molecule has 0 spiro atoms. The Labute approximate surface area is 199 Å². The molecule has 1 aromatic heterocycles. The Kier molecular flexibility index (Phi) is 6.93. The molecule has 0 saturated heterocycles. The van der Waals surface area contributed by atoms with E-state index in [4.69, 9.17) is 4.74 Å². The molecule has 0 saturated carbocycles. The number of carbonyl (C=O) groups is 1. The van der Waals surface area contributed by atoms with Gasteiger partial charge in [0.15, 0.2) is 5.16 Å². The maximum atomic E-state index is 13.3. The highest BCUT2D eigenvalue weighted by atomic mass is 32.2. The van der Waals surface area contributed by atoms with E-state index >= 15 is 0 Å². The van der Waals surface area contributed by atoms with Gasteiger partial charge in [-0.15, -0.1) is 0 Å². The van der Waals surface area contributed by atoms with Crippen LogP contribution in [0.25, 0.3) is 16.6 Å². The number of amides is 1. The summed E-state index contributed by atoms with van der Waals surface area (Å²) in [6.45, 7) is 1.76. The fourth-order valence-electron chi connectivity index (χ4n) is 3.24. The molecule has 0 atom stereocenters. The summed E-state index contributed by atoms with van der Waals surface area (Å²) >= 11 is 1.14. The standard InChI is InChI=1S/C25H22N4O4S/c1-16(17-7-11-19(30)12-8-17)27-28-23(31)15-34-25-26-22-6-4-3-5-21(22)24(32)29(25)18-9-13-20(33-2)14-10-18/h3-14,30H,15H2,1-2H3,(H,28,31). The molecule has 9 heteroatoms. The van der Waals surface area contributed by atoms with Gasteiger partial charge in [-0.25, -0.2) is 10.4 Å². The van der Waals surface area contributed by atoms with Gasteiger partial charge in [-0.3, -0.25) is 14.2 Å². The van der Waals surface area contributed by atoms with E-state index in [-0.39, 0.29) is 23.0 Å². The number of phenols is 1. The predicted molar refractivity (Wildman–Crippen MR) is 133 cm³/mol. The van der Waals surface area contributed by atoms with Crippen molar-refractivity contribution in [3.63, 3.8) is 0 Å². The highest BCUT2D eigenvalue weighted by molar-refractivity contribution is 7.99. The van der Waals surface area contributed by atoms with Crippen LogP contribution in [0.3, 0.4) is 0 Å². The van der Waals surface area contributed by atoms with Crippen molar-refractivity contribution < 1.29 is 14.6 Å². The molecule has 34 heavy (non-hydrogen) atoms. The minimum atomic E-state index is -0.341. The number of nitrogens with one attached hydrogen (secondary N) is 1. The van der Waals surface area contributed by atoms with Crippen molar-refractivity contribution in [2.45, 2.75) is 12.1 Å². The van der Waals surface area contributed by atoms with E-state index in [0.29, 0.717) is 33.2 Å². The Morgan fingerprint density at radius 1 is 1.09 bits per heavy atom. The number of ether oxygens (including phenoxy) is 1. The molecule has 0 fully saturated rings. The number of para-hydroxylation sites is 1. The van der Waals surface area contributed by atoms with E-state index < -0.39 is 0 Å². The number of nitrogens with zero attached hydrogens (tertiary/aromatic N) is 3. The van der Waals surface area contributed by atoms with Crippen molar-refractivity contribution in [3.8, 4) is 17.2 Å². The Morgan fingerprint density at radius 3 is 2.50 bits per heavy atom. The van der Waals surface area contributed by atoms with Gasteiger partial charge in [0.05, 0.1) is 35.2 Å². The number of rotatable bonds is 7. The average Bonchev–Trinajstić information content (AvgIpc) is 2.86. The van der Waals surface area contributed by atoms with Gasteiger partial charge < -0.3 is 9.84 Å². The molecule has 172 valence electrons. The largest absolute Gasteiger partial charge is 0.508 e. The molecule has 4 aromatic rings. The number of fused-ring (bicyclic) bond motifs is 1. The number of benzene rings is 3. The van der Waals surface area contributed by atoms with Crippen molar-refractivity contribution in [3.05, 3.63) is 88.7 Å². The lowest BCUT2D eigenvalue weighted by Gasteiger charge is -2.13. The lowest BCUT2D eigenvalue weighted by atomic mass is 10.1. The van der Waals surface area contributed by atoms with Gasteiger partial charge in [-0.1, -0.05) is 23.9 Å². The third kappa shape index (κ3) is 5.10. The Hall–Kier alpha value is -4.11. The smallest absolute Gasteiger partial charge is 0.266 e. The number of hydrogen-bond donors (Lipinski definition) is 2. The summed E-state index contributed by atoms with van der Waals surface area (Å²) in [7, 11) is 1.57. The molecule has 0 unspecified atom stereocenters. The fraction of sp³-hybridized carbons (Fsp3) is 0.120. The van der Waals surface area contributed by atoms with Gasteiger partial charge in [-0.2, -0.15) is 5.10 Å². The van der Waals surface area contributed by atoms with E-state index in [1.54, 1.807) is 80.8 Å². The van der Waals surface area contributed by atoms with Crippen molar-refractivity contribution in [2.75, 3.05) is 12.9 Å². The van der Waals surface area contributed by atoms with Gasteiger partial charge in [-0.05, 0) is 73.2 Å². The predicted octanol–water partition coefficient (Wildman–Crippen LogP) is 3.73. The zero-order valence-corrected chi connectivity index (χ0v) is 19.4. The van der Waals surface area contributed by atoms with E-state index in [9.17, 15) is 14.7 Å². The lowest BCUT2D eigenvalue weighted by molar-refractivity contribution is -0.118. The van der Waals surface area contributed by atoms with Gasteiger partial charge in [0.1, 0.15) is 11.5 Å². The van der Waals surface area contributed by atoms with Crippen molar-refractivity contribution in [1.82, 2.24) is 15.0 Å². The minimum absolute atomic E-state index is 0.00723. The number of aromatic hydroxyl groups is 1. The molecule has 2 N–H and O–H groups in total. The average molecular weight is 475 g/mol. The number of hydrazone groups is 1. The van der Waals surface area contributed by atoms with Gasteiger partial charge in [0, 0.05) is 0 Å².